The molecule has 0 radical (unpaired) electrons. The molecule has 1 aromatic carbocycles. The van der Waals surface area contributed by atoms with E-state index in [1.54, 1.807) is 22.9 Å². The second kappa shape index (κ2) is 5.27. The molecule has 0 amide bonds. The topological polar surface area (TPSA) is 46.2 Å². The van der Waals surface area contributed by atoms with E-state index in [4.69, 9.17) is 0 Å². The molecular weight excluding hydrogens is 267 g/mol. The van der Waals surface area contributed by atoms with Gasteiger partial charge in [0.15, 0.2) is 0 Å². The van der Waals surface area contributed by atoms with Crippen molar-refractivity contribution in [3.05, 3.63) is 35.4 Å². The summed E-state index contributed by atoms with van der Waals surface area (Å²) in [6, 6.07) is 6.35. The monoisotopic (exact) mass is 281 g/mol. The molecule has 0 aliphatic rings. The molecule has 0 aliphatic carbocycles. The average molecular weight is 281 g/mol. The second-order valence-corrected chi connectivity index (χ2v) is 5.87. The van der Waals surface area contributed by atoms with Gasteiger partial charge in [-0.05, 0) is 25.8 Å². The summed E-state index contributed by atoms with van der Waals surface area (Å²) in [6.45, 7) is 3.25. The minimum absolute atomic E-state index is 0.205. The maximum Gasteiger partial charge on any atom is 0.511 e. The fourth-order valence-electron chi connectivity index (χ4n) is 1.57. The van der Waals surface area contributed by atoms with E-state index in [2.05, 4.69) is 0 Å². The molecule has 0 spiro atoms. The van der Waals surface area contributed by atoms with Gasteiger partial charge < -0.3 is 0 Å². The number of sulfonamides is 1. The van der Waals surface area contributed by atoms with Crippen LogP contribution in [0, 0.1) is 6.92 Å². The first kappa shape index (κ1) is 15.0. The van der Waals surface area contributed by atoms with Gasteiger partial charge in [-0.25, -0.2) is 13.1 Å². The van der Waals surface area contributed by atoms with Gasteiger partial charge in [0.1, 0.15) is 0 Å². The summed E-state index contributed by atoms with van der Waals surface area (Å²) in [6.07, 6.45) is 0.205. The SMILES string of the molecule is Cc1cccc(CC(C)NS(=O)(=O)C(F)(F)F)c1. The molecule has 0 bridgehead atoms. The molecule has 0 aliphatic heterocycles. The largest absolute Gasteiger partial charge is 0.511 e. The molecule has 1 unspecified atom stereocenters. The molecule has 1 rings (SSSR count). The highest BCUT2D eigenvalue weighted by atomic mass is 32.2. The predicted octanol–water partition coefficient (Wildman–Crippen LogP) is 2.37. The highest BCUT2D eigenvalue weighted by molar-refractivity contribution is 7.90. The number of nitrogens with one attached hydrogen (secondary N) is 1. The van der Waals surface area contributed by atoms with Crippen molar-refractivity contribution >= 4 is 10.0 Å². The Kier molecular flexibility index (Phi) is 4.39. The number of alkyl halides is 3. The van der Waals surface area contributed by atoms with Crippen LogP contribution in [0.5, 0.6) is 0 Å². The Morgan fingerprint density at radius 3 is 2.44 bits per heavy atom. The number of aryl methyl sites for hydroxylation is 1. The first-order valence-corrected chi connectivity index (χ1v) is 6.74. The second-order valence-electron chi connectivity index (χ2n) is 4.16. The minimum Gasteiger partial charge on any atom is -0.204 e. The molecule has 102 valence electrons. The van der Waals surface area contributed by atoms with Crippen molar-refractivity contribution in [3.63, 3.8) is 0 Å². The number of halogens is 3. The van der Waals surface area contributed by atoms with E-state index in [0.29, 0.717) is 0 Å². The Balaban J connectivity index is 2.71. The molecule has 1 N–H and O–H groups in total. The van der Waals surface area contributed by atoms with Crippen LogP contribution in [0.15, 0.2) is 24.3 Å². The maximum atomic E-state index is 12.1. The summed E-state index contributed by atoms with van der Waals surface area (Å²) in [5, 5.41) is 0. The van der Waals surface area contributed by atoms with Crippen LogP contribution < -0.4 is 4.72 Å². The van der Waals surface area contributed by atoms with E-state index in [1.807, 2.05) is 13.0 Å². The maximum absolute atomic E-state index is 12.1. The molecule has 3 nitrogen and oxygen atoms in total. The third-order valence-electron chi connectivity index (χ3n) is 2.29. The van der Waals surface area contributed by atoms with Crippen molar-refractivity contribution in [2.75, 3.05) is 0 Å². The van der Waals surface area contributed by atoms with Gasteiger partial charge in [0.05, 0.1) is 0 Å². The van der Waals surface area contributed by atoms with Crippen LogP contribution in [-0.2, 0) is 16.4 Å². The van der Waals surface area contributed by atoms with Crippen molar-refractivity contribution in [3.8, 4) is 0 Å². The van der Waals surface area contributed by atoms with Crippen LogP contribution in [0.2, 0.25) is 0 Å². The lowest BCUT2D eigenvalue weighted by Crippen LogP contribution is -2.42. The fourth-order valence-corrected chi connectivity index (χ4v) is 2.31. The van der Waals surface area contributed by atoms with Crippen molar-refractivity contribution < 1.29 is 21.6 Å². The molecule has 0 aromatic heterocycles. The van der Waals surface area contributed by atoms with Gasteiger partial charge in [0.2, 0.25) is 0 Å². The summed E-state index contributed by atoms with van der Waals surface area (Å²) in [7, 11) is -5.28. The Hall–Kier alpha value is -1.08. The van der Waals surface area contributed by atoms with Crippen molar-refractivity contribution in [2.24, 2.45) is 0 Å². The van der Waals surface area contributed by atoms with E-state index >= 15 is 0 Å². The van der Waals surface area contributed by atoms with Crippen LogP contribution in [0.1, 0.15) is 18.1 Å². The Morgan fingerprint density at radius 2 is 1.94 bits per heavy atom. The summed E-state index contributed by atoms with van der Waals surface area (Å²) in [5.41, 5.74) is -3.51. The normalized spacial score (nSPS) is 14.5. The highest BCUT2D eigenvalue weighted by Gasteiger charge is 2.46. The molecule has 0 fully saturated rings. The molecule has 7 heteroatoms. The van der Waals surface area contributed by atoms with Gasteiger partial charge in [-0.2, -0.15) is 13.2 Å². The molecule has 1 aromatic rings. The average Bonchev–Trinajstić information content (AvgIpc) is 2.14. The Labute approximate surface area is 104 Å². The number of hydrogen-bond acceptors (Lipinski definition) is 2. The molecular formula is C11H14F3NO2S. The van der Waals surface area contributed by atoms with Gasteiger partial charge in [-0.3, -0.25) is 0 Å². The summed E-state index contributed by atoms with van der Waals surface area (Å²) in [4.78, 5) is 0. The van der Waals surface area contributed by atoms with Crippen molar-refractivity contribution in [1.82, 2.24) is 4.72 Å². The smallest absolute Gasteiger partial charge is 0.204 e. The standard InChI is InChI=1S/C11H14F3NO2S/c1-8-4-3-5-10(6-8)7-9(2)15-18(16,17)11(12,13)14/h3-6,9,15H,7H2,1-2H3. The lowest BCUT2D eigenvalue weighted by atomic mass is 10.1. The summed E-state index contributed by atoms with van der Waals surface area (Å²) < 4.78 is 59.8. The Bertz CT molecular complexity index is 511. The van der Waals surface area contributed by atoms with Crippen molar-refractivity contribution in [2.45, 2.75) is 31.8 Å². The lowest BCUT2D eigenvalue weighted by molar-refractivity contribution is -0.0450. The first-order valence-electron chi connectivity index (χ1n) is 5.26. The molecule has 0 saturated carbocycles. The molecule has 18 heavy (non-hydrogen) atoms. The van der Waals surface area contributed by atoms with Crippen LogP contribution in [0.4, 0.5) is 13.2 Å². The zero-order valence-electron chi connectivity index (χ0n) is 9.95. The summed E-state index contributed by atoms with van der Waals surface area (Å²) >= 11 is 0. The van der Waals surface area contributed by atoms with Crippen LogP contribution in [-0.4, -0.2) is 20.0 Å². The molecule has 0 heterocycles. The number of hydrogen-bond donors (Lipinski definition) is 1. The lowest BCUT2D eigenvalue weighted by Gasteiger charge is -2.15. The Morgan fingerprint density at radius 1 is 1.33 bits per heavy atom. The molecule has 1 atom stereocenters. The zero-order valence-corrected chi connectivity index (χ0v) is 10.8. The zero-order chi connectivity index (χ0) is 14.0. The van der Waals surface area contributed by atoms with Gasteiger partial charge >= 0.3 is 15.5 Å². The quantitative estimate of drug-likeness (QED) is 0.921. The van der Waals surface area contributed by atoms with Gasteiger partial charge in [0, 0.05) is 6.04 Å². The van der Waals surface area contributed by atoms with Crippen LogP contribution >= 0.6 is 0 Å². The van der Waals surface area contributed by atoms with Crippen molar-refractivity contribution in [1.29, 1.82) is 0 Å². The first-order chi connectivity index (χ1) is 8.12. The van der Waals surface area contributed by atoms with E-state index in [-0.39, 0.29) is 6.42 Å². The number of rotatable bonds is 4. The van der Waals surface area contributed by atoms with Gasteiger partial charge in [-0.15, -0.1) is 0 Å². The van der Waals surface area contributed by atoms with Crippen LogP contribution in [0.25, 0.3) is 0 Å². The fraction of sp³-hybridized carbons (Fsp3) is 0.455. The third kappa shape index (κ3) is 3.99. The van der Waals surface area contributed by atoms with Gasteiger partial charge in [0.25, 0.3) is 0 Å². The summed E-state index contributed by atoms with van der Waals surface area (Å²) in [5.74, 6) is 0. The highest BCUT2D eigenvalue weighted by Crippen LogP contribution is 2.22. The van der Waals surface area contributed by atoms with E-state index in [1.165, 1.54) is 6.92 Å². The van der Waals surface area contributed by atoms with Gasteiger partial charge in [-0.1, -0.05) is 29.8 Å². The minimum atomic E-state index is -5.28. The predicted molar refractivity (Wildman–Crippen MR) is 62.5 cm³/mol. The van der Waals surface area contributed by atoms with E-state index in [9.17, 15) is 21.6 Å². The van der Waals surface area contributed by atoms with E-state index in [0.717, 1.165) is 11.1 Å². The third-order valence-corrected chi connectivity index (χ3v) is 3.61. The van der Waals surface area contributed by atoms with Crippen LogP contribution in [0.3, 0.4) is 0 Å². The number of benzene rings is 1. The molecule has 0 saturated heterocycles. The van der Waals surface area contributed by atoms with E-state index < -0.39 is 21.6 Å².